The lowest BCUT2D eigenvalue weighted by Gasteiger charge is -2.23. The van der Waals surface area contributed by atoms with Crippen molar-refractivity contribution in [3.63, 3.8) is 0 Å². The van der Waals surface area contributed by atoms with Crippen molar-refractivity contribution in [3.8, 4) is 11.4 Å². The number of hydrogen-bond donors (Lipinski definition) is 1. The predicted molar refractivity (Wildman–Crippen MR) is 121 cm³/mol. The summed E-state index contributed by atoms with van der Waals surface area (Å²) in [7, 11) is 0. The summed E-state index contributed by atoms with van der Waals surface area (Å²) in [5.74, 6) is 1.50. The van der Waals surface area contributed by atoms with Crippen molar-refractivity contribution in [2.45, 2.75) is 13.0 Å². The topological polar surface area (TPSA) is 91.5 Å². The van der Waals surface area contributed by atoms with Crippen LogP contribution in [0.5, 0.6) is 0 Å². The summed E-state index contributed by atoms with van der Waals surface area (Å²) in [4.78, 5) is 20.9. The van der Waals surface area contributed by atoms with Crippen LogP contribution in [-0.4, -0.2) is 61.9 Å². The monoisotopic (exact) mass is 428 g/mol. The van der Waals surface area contributed by atoms with Gasteiger partial charge in [0, 0.05) is 50.7 Å². The second-order valence-electron chi connectivity index (χ2n) is 7.70. The van der Waals surface area contributed by atoms with Gasteiger partial charge in [-0.05, 0) is 36.2 Å². The Labute approximate surface area is 185 Å². The maximum atomic E-state index is 12.7. The lowest BCUT2D eigenvalue weighted by atomic mass is 10.2. The van der Waals surface area contributed by atoms with E-state index in [1.165, 1.54) is 0 Å². The number of urea groups is 1. The zero-order valence-electron chi connectivity index (χ0n) is 17.6. The molecule has 0 radical (unpaired) electrons. The number of pyridine rings is 1. The van der Waals surface area contributed by atoms with Crippen LogP contribution in [0.25, 0.3) is 17.0 Å². The molecular formula is C23H24N8O. The minimum atomic E-state index is -0.0308. The maximum absolute atomic E-state index is 12.7. The molecular weight excluding hydrogens is 404 g/mol. The smallest absolute Gasteiger partial charge is 0.317 e. The molecule has 0 saturated carbocycles. The summed E-state index contributed by atoms with van der Waals surface area (Å²) in [6.07, 6.45) is 4.35. The van der Waals surface area contributed by atoms with Gasteiger partial charge in [-0.15, -0.1) is 15.3 Å². The van der Waals surface area contributed by atoms with Crippen molar-refractivity contribution in [1.82, 2.24) is 35.0 Å². The van der Waals surface area contributed by atoms with Gasteiger partial charge in [-0.1, -0.05) is 30.3 Å². The first-order chi connectivity index (χ1) is 15.8. The number of nitrogens with one attached hydrogen (secondary N) is 1. The van der Waals surface area contributed by atoms with E-state index in [4.69, 9.17) is 5.10 Å². The Kier molecular flexibility index (Phi) is 5.61. The summed E-state index contributed by atoms with van der Waals surface area (Å²) in [6, 6.07) is 17.6. The van der Waals surface area contributed by atoms with Crippen LogP contribution in [0.1, 0.15) is 12.0 Å². The van der Waals surface area contributed by atoms with E-state index in [1.54, 1.807) is 16.9 Å². The Morgan fingerprint density at radius 2 is 1.84 bits per heavy atom. The molecule has 1 aliphatic heterocycles. The van der Waals surface area contributed by atoms with Crippen LogP contribution in [-0.2, 0) is 6.54 Å². The molecule has 3 aromatic heterocycles. The number of carbonyl (C=O) groups is 1. The average Bonchev–Trinajstić information content (AvgIpc) is 3.11. The Morgan fingerprint density at radius 1 is 0.938 bits per heavy atom. The summed E-state index contributed by atoms with van der Waals surface area (Å²) in [6.45, 7) is 3.42. The SMILES string of the molecule is O=C(NCc1ccccc1)N1CCCN(c2ccc3nnc(-c4cccnc4)n3n2)CC1. The zero-order chi connectivity index (χ0) is 21.8. The van der Waals surface area contributed by atoms with E-state index in [9.17, 15) is 4.79 Å². The first kappa shape index (κ1) is 19.9. The van der Waals surface area contributed by atoms with Gasteiger partial charge in [-0.3, -0.25) is 4.98 Å². The largest absolute Gasteiger partial charge is 0.353 e. The van der Waals surface area contributed by atoms with E-state index in [0.29, 0.717) is 37.7 Å². The molecule has 5 rings (SSSR count). The summed E-state index contributed by atoms with van der Waals surface area (Å²) in [5.41, 5.74) is 2.64. The summed E-state index contributed by atoms with van der Waals surface area (Å²) >= 11 is 0. The van der Waals surface area contributed by atoms with Gasteiger partial charge in [0.2, 0.25) is 0 Å². The molecule has 1 N–H and O–H groups in total. The van der Waals surface area contributed by atoms with Crippen molar-refractivity contribution in [2.75, 3.05) is 31.1 Å². The molecule has 1 fully saturated rings. The van der Waals surface area contributed by atoms with Gasteiger partial charge in [-0.25, -0.2) is 4.79 Å². The van der Waals surface area contributed by atoms with Gasteiger partial charge >= 0.3 is 6.03 Å². The Bertz CT molecular complexity index is 1190. The number of anilines is 1. The quantitative estimate of drug-likeness (QED) is 0.537. The van der Waals surface area contributed by atoms with Gasteiger partial charge in [0.05, 0.1) is 0 Å². The van der Waals surface area contributed by atoms with Crippen molar-refractivity contribution < 1.29 is 4.79 Å². The minimum Gasteiger partial charge on any atom is -0.353 e. The highest BCUT2D eigenvalue weighted by atomic mass is 16.2. The Balaban J connectivity index is 1.27. The van der Waals surface area contributed by atoms with E-state index < -0.39 is 0 Å². The third-order valence-electron chi connectivity index (χ3n) is 5.56. The van der Waals surface area contributed by atoms with Crippen LogP contribution in [0.3, 0.4) is 0 Å². The number of benzene rings is 1. The number of amides is 2. The molecule has 2 amide bonds. The third kappa shape index (κ3) is 4.22. The van der Waals surface area contributed by atoms with Gasteiger partial charge in [0.15, 0.2) is 11.5 Å². The Morgan fingerprint density at radius 3 is 2.69 bits per heavy atom. The molecule has 1 aliphatic rings. The summed E-state index contributed by atoms with van der Waals surface area (Å²) < 4.78 is 1.75. The van der Waals surface area contributed by atoms with Crippen molar-refractivity contribution in [3.05, 3.63) is 72.6 Å². The maximum Gasteiger partial charge on any atom is 0.317 e. The Hall–Kier alpha value is -4.01. The van der Waals surface area contributed by atoms with Crippen LogP contribution in [0.2, 0.25) is 0 Å². The van der Waals surface area contributed by atoms with Crippen LogP contribution >= 0.6 is 0 Å². The van der Waals surface area contributed by atoms with E-state index in [0.717, 1.165) is 29.9 Å². The van der Waals surface area contributed by atoms with E-state index >= 15 is 0 Å². The lowest BCUT2D eigenvalue weighted by Crippen LogP contribution is -2.41. The molecule has 9 nitrogen and oxygen atoms in total. The van der Waals surface area contributed by atoms with E-state index in [2.05, 4.69) is 25.4 Å². The molecule has 1 saturated heterocycles. The van der Waals surface area contributed by atoms with Crippen molar-refractivity contribution in [1.29, 1.82) is 0 Å². The van der Waals surface area contributed by atoms with Gasteiger partial charge in [0.1, 0.15) is 5.82 Å². The van der Waals surface area contributed by atoms with Crippen LogP contribution < -0.4 is 10.2 Å². The molecule has 162 valence electrons. The number of nitrogens with zero attached hydrogens (tertiary/aromatic N) is 7. The molecule has 0 bridgehead atoms. The minimum absolute atomic E-state index is 0.0308. The van der Waals surface area contributed by atoms with Gasteiger partial charge in [-0.2, -0.15) is 4.52 Å². The fraction of sp³-hybridized carbons (Fsp3) is 0.261. The van der Waals surface area contributed by atoms with Gasteiger partial charge in [0.25, 0.3) is 0 Å². The van der Waals surface area contributed by atoms with Crippen LogP contribution in [0, 0.1) is 0 Å². The fourth-order valence-electron chi connectivity index (χ4n) is 3.86. The highest BCUT2D eigenvalue weighted by Gasteiger charge is 2.21. The summed E-state index contributed by atoms with van der Waals surface area (Å²) in [5, 5.41) is 16.3. The standard InChI is InChI=1S/C23H24N8O/c32-23(25-16-18-6-2-1-3-7-18)30-13-5-12-29(14-15-30)21-10-9-20-26-27-22(31(20)28-21)19-8-4-11-24-17-19/h1-4,6-11,17H,5,12-16H2,(H,25,32). The number of fused-ring (bicyclic) bond motifs is 1. The predicted octanol–water partition coefficient (Wildman–Crippen LogP) is 2.61. The molecule has 32 heavy (non-hydrogen) atoms. The molecule has 0 aliphatic carbocycles. The second-order valence-corrected chi connectivity index (χ2v) is 7.70. The second kappa shape index (κ2) is 9.01. The van der Waals surface area contributed by atoms with Crippen LogP contribution in [0.4, 0.5) is 10.6 Å². The zero-order valence-corrected chi connectivity index (χ0v) is 17.6. The third-order valence-corrected chi connectivity index (χ3v) is 5.56. The molecule has 9 heteroatoms. The molecule has 0 unspecified atom stereocenters. The fourth-order valence-corrected chi connectivity index (χ4v) is 3.86. The van der Waals surface area contributed by atoms with Crippen molar-refractivity contribution in [2.24, 2.45) is 0 Å². The number of aromatic nitrogens is 5. The molecule has 4 aromatic rings. The molecule has 0 spiro atoms. The first-order valence-electron chi connectivity index (χ1n) is 10.7. The lowest BCUT2D eigenvalue weighted by molar-refractivity contribution is 0.201. The molecule has 1 aromatic carbocycles. The average molecular weight is 429 g/mol. The highest BCUT2D eigenvalue weighted by molar-refractivity contribution is 5.74. The number of carbonyl (C=O) groups excluding carboxylic acids is 1. The number of rotatable bonds is 4. The molecule has 4 heterocycles. The first-order valence-corrected chi connectivity index (χ1v) is 10.7. The van der Waals surface area contributed by atoms with Crippen molar-refractivity contribution >= 4 is 17.5 Å². The van der Waals surface area contributed by atoms with E-state index in [-0.39, 0.29) is 6.03 Å². The molecule has 0 atom stereocenters. The normalized spacial score (nSPS) is 14.4. The van der Waals surface area contributed by atoms with Crippen LogP contribution in [0.15, 0.2) is 67.0 Å². The van der Waals surface area contributed by atoms with E-state index in [1.807, 2.05) is 59.5 Å². The number of hydrogen-bond acceptors (Lipinski definition) is 6. The van der Waals surface area contributed by atoms with Gasteiger partial charge < -0.3 is 15.1 Å². The highest BCUT2D eigenvalue weighted by Crippen LogP contribution is 2.19.